The largest absolute Gasteiger partial charge is 0.471 e. The summed E-state index contributed by atoms with van der Waals surface area (Å²) in [6, 6.07) is 24.9. The second kappa shape index (κ2) is 10.9. The molecule has 0 saturated carbocycles. The van der Waals surface area contributed by atoms with Crippen molar-refractivity contribution in [2.45, 2.75) is 105 Å². The van der Waals surface area contributed by atoms with E-state index in [9.17, 15) is 0 Å². The van der Waals surface area contributed by atoms with Crippen molar-refractivity contribution < 1.29 is 4.42 Å². The molecule has 9 aromatic carbocycles. The summed E-state index contributed by atoms with van der Waals surface area (Å²) in [5.74, 6) is 0. The quantitative estimate of drug-likeness (QED) is 0.109. The van der Waals surface area contributed by atoms with Gasteiger partial charge in [-0.25, -0.2) is 0 Å². The Balaban J connectivity index is 1.56. The lowest BCUT2D eigenvalue weighted by atomic mass is 9.77. The Labute approximate surface area is 340 Å². The highest BCUT2D eigenvalue weighted by molar-refractivity contribution is 9.13. The molecule has 0 atom stereocenters. The summed E-state index contributed by atoms with van der Waals surface area (Å²) in [6.45, 7) is 28.0. The van der Waals surface area contributed by atoms with Gasteiger partial charge in [0.1, 0.15) is 0 Å². The second-order valence-electron chi connectivity index (χ2n) is 20.6. The number of rotatable bonds is 0. The summed E-state index contributed by atoms with van der Waals surface area (Å²) < 4.78 is 8.33. The van der Waals surface area contributed by atoms with Crippen LogP contribution in [0, 0.1) is 0 Å². The normalized spacial score (nSPS) is 14.0. The molecule has 0 aliphatic heterocycles. The molecule has 0 aliphatic carbocycles. The van der Waals surface area contributed by atoms with Gasteiger partial charge in [-0.2, -0.15) is 0 Å². The first-order valence-corrected chi connectivity index (χ1v) is 21.3. The molecular weight excluding hydrogens is 800 g/mol. The molecular formula is C52H48Br2O. The minimum atomic E-state index is -0.0365. The Morgan fingerprint density at radius 1 is 0.291 bits per heavy atom. The lowest BCUT2D eigenvalue weighted by molar-refractivity contribution is 0.572. The van der Waals surface area contributed by atoms with Crippen LogP contribution in [0.25, 0.3) is 97.0 Å². The summed E-state index contributed by atoms with van der Waals surface area (Å²) in [4.78, 5) is 0. The molecule has 0 aliphatic rings. The first kappa shape index (κ1) is 35.5. The predicted molar refractivity (Wildman–Crippen MR) is 249 cm³/mol. The maximum Gasteiger partial charge on any atom is 0.0987 e. The van der Waals surface area contributed by atoms with Gasteiger partial charge in [-0.05, 0) is 223 Å². The molecule has 0 saturated heterocycles. The van der Waals surface area contributed by atoms with Crippen LogP contribution in [0.15, 0.2) is 86.6 Å². The van der Waals surface area contributed by atoms with E-state index in [4.69, 9.17) is 4.42 Å². The average molecular weight is 849 g/mol. The second-order valence-corrected chi connectivity index (χ2v) is 22.1. The fourth-order valence-corrected chi connectivity index (χ4v) is 10.5. The van der Waals surface area contributed by atoms with Crippen molar-refractivity contribution in [1.29, 1.82) is 0 Å². The van der Waals surface area contributed by atoms with Crippen LogP contribution in [0.1, 0.15) is 105 Å². The lowest BCUT2D eigenvalue weighted by Crippen LogP contribution is -2.12. The Morgan fingerprint density at radius 3 is 0.764 bits per heavy atom. The molecule has 276 valence electrons. The minimum Gasteiger partial charge on any atom is -0.471 e. The zero-order valence-electron chi connectivity index (χ0n) is 34.1. The van der Waals surface area contributed by atoms with E-state index in [-0.39, 0.29) is 21.7 Å². The highest BCUT2D eigenvalue weighted by Crippen LogP contribution is 2.53. The molecule has 55 heavy (non-hydrogen) atoms. The zero-order valence-corrected chi connectivity index (χ0v) is 37.3. The summed E-state index contributed by atoms with van der Waals surface area (Å²) in [5.41, 5.74) is 5.22. The fourth-order valence-electron chi connectivity index (χ4n) is 9.44. The summed E-state index contributed by atoms with van der Waals surface area (Å²) >= 11 is 8.25. The van der Waals surface area contributed by atoms with E-state index in [2.05, 4.69) is 176 Å². The minimum absolute atomic E-state index is 0.0303. The molecule has 1 heterocycles. The molecule has 0 radical (unpaired) electrons. The van der Waals surface area contributed by atoms with Gasteiger partial charge in [0.05, 0.1) is 12.5 Å². The van der Waals surface area contributed by atoms with Crippen LogP contribution >= 0.6 is 31.9 Å². The first-order valence-electron chi connectivity index (χ1n) is 19.7. The third kappa shape index (κ3) is 4.88. The Morgan fingerprint density at radius 2 is 0.509 bits per heavy atom. The van der Waals surface area contributed by atoms with Crippen molar-refractivity contribution in [2.75, 3.05) is 0 Å². The van der Waals surface area contributed by atoms with Crippen molar-refractivity contribution in [1.82, 2.24) is 0 Å². The van der Waals surface area contributed by atoms with Gasteiger partial charge in [0.2, 0.25) is 0 Å². The highest BCUT2D eigenvalue weighted by Gasteiger charge is 2.28. The Bertz CT molecular complexity index is 3070. The third-order valence-corrected chi connectivity index (χ3v) is 14.9. The number of halogens is 2. The summed E-state index contributed by atoms with van der Waals surface area (Å²) in [7, 11) is 0. The van der Waals surface area contributed by atoms with Crippen molar-refractivity contribution in [3.63, 3.8) is 0 Å². The lowest BCUT2D eigenvalue weighted by Gasteiger charge is -2.27. The molecule has 0 unspecified atom stereocenters. The number of hydrogen-bond donors (Lipinski definition) is 0. The van der Waals surface area contributed by atoms with Crippen LogP contribution in [0.5, 0.6) is 0 Å². The van der Waals surface area contributed by atoms with Gasteiger partial charge >= 0.3 is 0 Å². The molecule has 1 nitrogen and oxygen atoms in total. The summed E-state index contributed by atoms with van der Waals surface area (Å²) in [5, 5.41) is 23.4. The van der Waals surface area contributed by atoms with Gasteiger partial charge in [-0.3, -0.25) is 0 Å². The van der Waals surface area contributed by atoms with E-state index in [1.807, 2.05) is 12.5 Å². The van der Waals surface area contributed by atoms with Crippen molar-refractivity contribution >= 4 is 129 Å². The topological polar surface area (TPSA) is 13.1 Å². The van der Waals surface area contributed by atoms with E-state index < -0.39 is 0 Å². The molecule has 0 spiro atoms. The van der Waals surface area contributed by atoms with Crippen molar-refractivity contribution in [3.8, 4) is 0 Å². The maximum absolute atomic E-state index is 6.08. The molecule has 0 amide bonds. The average Bonchev–Trinajstić information content (AvgIpc) is 3.61. The van der Waals surface area contributed by atoms with Gasteiger partial charge in [0, 0.05) is 19.7 Å². The van der Waals surface area contributed by atoms with Crippen LogP contribution in [-0.4, -0.2) is 0 Å². The Kier molecular flexibility index (Phi) is 7.05. The van der Waals surface area contributed by atoms with Crippen LogP contribution in [0.3, 0.4) is 0 Å². The van der Waals surface area contributed by atoms with Gasteiger partial charge in [-0.15, -0.1) is 0 Å². The molecule has 0 fully saturated rings. The smallest absolute Gasteiger partial charge is 0.0987 e. The highest BCUT2D eigenvalue weighted by atomic mass is 79.9. The third-order valence-electron chi connectivity index (χ3n) is 12.7. The maximum atomic E-state index is 6.08. The monoisotopic (exact) mass is 846 g/mol. The van der Waals surface area contributed by atoms with Crippen LogP contribution in [0.4, 0.5) is 0 Å². The number of fused-ring (bicyclic) bond motifs is 9. The van der Waals surface area contributed by atoms with E-state index in [1.165, 1.54) is 119 Å². The standard InChI is InChI=1S/C52H48Br2O/c1-49(2,3)25-13-33-29-21-31-32(22-30(29)34-14-26(50(4,5)6)18-38-42-24-55-23-41(42)37(17-25)43(33)44(34)38)36-16-28(52(10,11)12)20-40-46(36)45-35(31)15-27(51(7,8)9)19-39(45)47(53)48(40)54/h13-24H,1-12H3. The van der Waals surface area contributed by atoms with E-state index in [1.54, 1.807) is 0 Å². The number of benzene rings is 9. The van der Waals surface area contributed by atoms with E-state index >= 15 is 0 Å². The van der Waals surface area contributed by atoms with Crippen LogP contribution in [-0.2, 0) is 21.7 Å². The zero-order chi connectivity index (χ0) is 39.0. The molecule has 10 rings (SSSR count). The van der Waals surface area contributed by atoms with Crippen molar-refractivity contribution in [2.24, 2.45) is 0 Å². The van der Waals surface area contributed by atoms with Crippen LogP contribution < -0.4 is 0 Å². The van der Waals surface area contributed by atoms with Gasteiger partial charge < -0.3 is 4.42 Å². The number of hydrogen-bond acceptors (Lipinski definition) is 1. The van der Waals surface area contributed by atoms with Crippen molar-refractivity contribution in [3.05, 3.63) is 104 Å². The Hall–Kier alpha value is -3.92. The molecule has 0 bridgehead atoms. The molecule has 10 aromatic rings. The van der Waals surface area contributed by atoms with E-state index in [0.717, 1.165) is 8.95 Å². The number of furan rings is 1. The van der Waals surface area contributed by atoms with E-state index in [0.29, 0.717) is 0 Å². The molecule has 3 heteroatoms. The fraction of sp³-hybridized carbons (Fsp3) is 0.308. The van der Waals surface area contributed by atoms with Gasteiger partial charge in [0.25, 0.3) is 0 Å². The van der Waals surface area contributed by atoms with Gasteiger partial charge in [-0.1, -0.05) is 83.1 Å². The van der Waals surface area contributed by atoms with Gasteiger partial charge in [0.15, 0.2) is 0 Å². The summed E-state index contributed by atoms with van der Waals surface area (Å²) in [6.07, 6.45) is 3.95. The predicted octanol–water partition coefficient (Wildman–Crippen LogP) is 17.2. The van der Waals surface area contributed by atoms with Crippen LogP contribution in [0.2, 0.25) is 0 Å². The molecule has 1 aromatic heterocycles. The SMILES string of the molecule is CC(C)(C)c1cc2c(Br)c(Br)c3cc(C(C)(C)C)cc4c5cc6c(cc5c(c1)c2c34)c1cc(C(C)(C)C)cc2c3cocc3c3cc(C(C)(C)C)cc6c3c21. The first-order chi connectivity index (χ1) is 25.6. The molecule has 0 N–H and O–H groups in total.